The highest BCUT2D eigenvalue weighted by Crippen LogP contribution is 2.16. The van der Waals surface area contributed by atoms with E-state index >= 15 is 0 Å². The number of carbonyl (C=O) groups excluding carboxylic acids is 1. The highest BCUT2D eigenvalue weighted by atomic mass is 35.5. The van der Waals surface area contributed by atoms with Gasteiger partial charge in [0.1, 0.15) is 0 Å². The van der Waals surface area contributed by atoms with Gasteiger partial charge in [0.2, 0.25) is 0 Å². The molecule has 2 aromatic heterocycles. The molecule has 1 amide bonds. The lowest BCUT2D eigenvalue weighted by atomic mass is 10.1. The summed E-state index contributed by atoms with van der Waals surface area (Å²) in [6, 6.07) is 3.97. The molecular weight excluding hydrogens is 328 g/mol. The van der Waals surface area contributed by atoms with Gasteiger partial charge >= 0.3 is 0 Å². The highest BCUT2D eigenvalue weighted by Gasteiger charge is 2.18. The van der Waals surface area contributed by atoms with Crippen LogP contribution in [-0.4, -0.2) is 39.0 Å². The first-order chi connectivity index (χ1) is 11.3. The van der Waals surface area contributed by atoms with E-state index in [1.54, 1.807) is 6.07 Å². The fourth-order valence-corrected chi connectivity index (χ4v) is 2.82. The van der Waals surface area contributed by atoms with Gasteiger partial charge < -0.3 is 10.6 Å². The molecule has 24 heavy (non-hydrogen) atoms. The fourth-order valence-electron chi connectivity index (χ4n) is 2.82. The van der Waals surface area contributed by atoms with Gasteiger partial charge in [0.05, 0.1) is 6.04 Å². The van der Waals surface area contributed by atoms with Crippen LogP contribution in [0.15, 0.2) is 18.3 Å². The van der Waals surface area contributed by atoms with Gasteiger partial charge in [-0.25, -0.2) is 0 Å². The molecule has 0 bridgehead atoms. The summed E-state index contributed by atoms with van der Waals surface area (Å²) >= 11 is 0. The molecule has 3 N–H and O–H groups in total. The molecule has 0 spiro atoms. The minimum Gasteiger partial charge on any atom is -0.315 e. The van der Waals surface area contributed by atoms with Gasteiger partial charge in [-0.1, -0.05) is 13.3 Å². The number of aryl methyl sites for hydroxylation is 1. The summed E-state index contributed by atoms with van der Waals surface area (Å²) in [5, 5.41) is 17.7. The maximum atomic E-state index is 12.3. The van der Waals surface area contributed by atoms with Crippen molar-refractivity contribution in [3.8, 4) is 0 Å². The topological polar surface area (TPSA) is 87.6 Å². The zero-order valence-electron chi connectivity index (χ0n) is 13.9. The second-order valence-electron chi connectivity index (χ2n) is 6.02. The Bertz CT molecular complexity index is 647. The number of nitrogens with one attached hydrogen (secondary N) is 3. The Morgan fingerprint density at radius 3 is 3.12 bits per heavy atom. The van der Waals surface area contributed by atoms with Crippen LogP contribution in [0.3, 0.4) is 0 Å². The van der Waals surface area contributed by atoms with E-state index in [1.165, 1.54) is 0 Å². The van der Waals surface area contributed by atoms with Crippen molar-refractivity contribution in [1.82, 2.24) is 25.3 Å². The second kappa shape index (κ2) is 8.84. The highest BCUT2D eigenvalue weighted by molar-refractivity contribution is 6.02. The molecule has 0 aliphatic carbocycles. The van der Waals surface area contributed by atoms with Gasteiger partial charge in [-0.3, -0.25) is 14.6 Å². The normalized spacial score (nSPS) is 17.3. The molecule has 2 aromatic rings. The Morgan fingerprint density at radius 2 is 2.38 bits per heavy atom. The number of amides is 1. The van der Waals surface area contributed by atoms with Crippen LogP contribution in [0.2, 0.25) is 0 Å². The van der Waals surface area contributed by atoms with E-state index in [9.17, 15) is 4.79 Å². The van der Waals surface area contributed by atoms with Crippen molar-refractivity contribution < 1.29 is 4.79 Å². The molecule has 1 fully saturated rings. The Morgan fingerprint density at radius 1 is 1.50 bits per heavy atom. The van der Waals surface area contributed by atoms with Crippen LogP contribution in [-0.2, 0) is 6.42 Å². The molecular formula is C16H25ClN6O. The fraction of sp³-hybridized carbons (Fsp3) is 0.562. The smallest absolute Gasteiger partial charge is 0.277 e. The molecule has 0 saturated carbocycles. The molecule has 1 aliphatic heterocycles. The number of piperidine rings is 1. The maximum absolute atomic E-state index is 12.3. The van der Waals surface area contributed by atoms with Crippen molar-refractivity contribution in [1.29, 1.82) is 0 Å². The average molecular weight is 353 g/mol. The van der Waals surface area contributed by atoms with Crippen molar-refractivity contribution in [2.45, 2.75) is 45.1 Å². The summed E-state index contributed by atoms with van der Waals surface area (Å²) in [5.74, 6) is 0.330. The molecule has 3 heterocycles. The lowest BCUT2D eigenvalue weighted by molar-refractivity contribution is 0.102. The van der Waals surface area contributed by atoms with Crippen molar-refractivity contribution >= 4 is 24.1 Å². The lowest BCUT2D eigenvalue weighted by Gasteiger charge is -2.22. The van der Waals surface area contributed by atoms with Gasteiger partial charge in [-0.2, -0.15) is 10.2 Å². The SMILES string of the molecule is CCCCc1cc(NC(=O)c2ccn(C3CCCNC3)n2)n[nH]1.Cl. The van der Waals surface area contributed by atoms with Crippen LogP contribution in [0.4, 0.5) is 5.82 Å². The summed E-state index contributed by atoms with van der Waals surface area (Å²) in [6.07, 6.45) is 7.30. The van der Waals surface area contributed by atoms with Gasteiger partial charge in [0.15, 0.2) is 11.5 Å². The average Bonchev–Trinajstić information content (AvgIpc) is 3.23. The Labute approximate surface area is 148 Å². The van der Waals surface area contributed by atoms with E-state index in [0.29, 0.717) is 17.6 Å². The zero-order valence-corrected chi connectivity index (χ0v) is 14.7. The van der Waals surface area contributed by atoms with E-state index in [0.717, 1.165) is 50.9 Å². The monoisotopic (exact) mass is 352 g/mol. The van der Waals surface area contributed by atoms with E-state index in [4.69, 9.17) is 0 Å². The van der Waals surface area contributed by atoms with Gasteiger partial charge in [0.25, 0.3) is 5.91 Å². The molecule has 8 heteroatoms. The van der Waals surface area contributed by atoms with Crippen molar-refractivity contribution in [3.05, 3.63) is 29.7 Å². The zero-order chi connectivity index (χ0) is 16.1. The predicted octanol–water partition coefficient (Wildman–Crippen LogP) is 2.55. The summed E-state index contributed by atoms with van der Waals surface area (Å²) < 4.78 is 1.89. The number of aromatic amines is 1. The quantitative estimate of drug-likeness (QED) is 0.745. The molecule has 1 saturated heterocycles. The predicted molar refractivity (Wildman–Crippen MR) is 95.8 cm³/mol. The first-order valence-corrected chi connectivity index (χ1v) is 8.37. The van der Waals surface area contributed by atoms with Crippen LogP contribution in [0.5, 0.6) is 0 Å². The van der Waals surface area contributed by atoms with E-state index in [1.807, 2.05) is 16.9 Å². The Hall–Kier alpha value is -1.86. The number of aromatic nitrogens is 4. The standard InChI is InChI=1S/C16H24N6O.ClH/c1-2-3-5-12-10-15(20-19-12)18-16(23)14-7-9-22(21-14)13-6-4-8-17-11-13;/h7,9-10,13,17H,2-6,8,11H2,1H3,(H2,18,19,20,23);1H. The minimum absolute atomic E-state index is 0. The Kier molecular flexibility index (Phi) is 6.81. The molecule has 7 nitrogen and oxygen atoms in total. The summed E-state index contributed by atoms with van der Waals surface area (Å²) in [4.78, 5) is 12.3. The number of anilines is 1. The number of H-pyrrole nitrogens is 1. The van der Waals surface area contributed by atoms with Crippen LogP contribution < -0.4 is 10.6 Å². The van der Waals surface area contributed by atoms with E-state index in [2.05, 4.69) is 32.9 Å². The van der Waals surface area contributed by atoms with Gasteiger partial charge in [-0.05, 0) is 38.3 Å². The van der Waals surface area contributed by atoms with E-state index in [-0.39, 0.29) is 18.3 Å². The molecule has 132 valence electrons. The molecule has 1 atom stereocenters. The van der Waals surface area contributed by atoms with Crippen molar-refractivity contribution in [3.63, 3.8) is 0 Å². The second-order valence-corrected chi connectivity index (χ2v) is 6.02. The number of hydrogen-bond donors (Lipinski definition) is 3. The summed E-state index contributed by atoms with van der Waals surface area (Å²) in [6.45, 7) is 4.12. The number of nitrogens with zero attached hydrogens (tertiary/aromatic N) is 3. The van der Waals surface area contributed by atoms with Crippen LogP contribution >= 0.6 is 12.4 Å². The third-order valence-corrected chi connectivity index (χ3v) is 4.16. The summed E-state index contributed by atoms with van der Waals surface area (Å²) in [5.41, 5.74) is 1.47. The maximum Gasteiger partial charge on any atom is 0.277 e. The minimum atomic E-state index is -0.221. The molecule has 1 aliphatic rings. The van der Waals surface area contributed by atoms with E-state index < -0.39 is 0 Å². The molecule has 0 aromatic carbocycles. The number of halogens is 1. The van der Waals surface area contributed by atoms with Crippen LogP contribution in [0, 0.1) is 0 Å². The molecule has 1 unspecified atom stereocenters. The third-order valence-electron chi connectivity index (χ3n) is 4.16. The van der Waals surface area contributed by atoms with Crippen molar-refractivity contribution in [2.75, 3.05) is 18.4 Å². The van der Waals surface area contributed by atoms with Crippen LogP contribution in [0.25, 0.3) is 0 Å². The number of carbonyl (C=O) groups is 1. The van der Waals surface area contributed by atoms with Crippen molar-refractivity contribution in [2.24, 2.45) is 0 Å². The number of rotatable bonds is 6. The molecule has 0 radical (unpaired) electrons. The summed E-state index contributed by atoms with van der Waals surface area (Å²) in [7, 11) is 0. The molecule has 3 rings (SSSR count). The number of unbranched alkanes of at least 4 members (excludes halogenated alkanes) is 1. The lowest BCUT2D eigenvalue weighted by Crippen LogP contribution is -2.32. The largest absolute Gasteiger partial charge is 0.315 e. The Balaban J connectivity index is 0.00000208. The van der Waals surface area contributed by atoms with Crippen LogP contribution in [0.1, 0.15) is 54.8 Å². The first kappa shape index (κ1) is 18.5. The third kappa shape index (κ3) is 4.58. The van der Waals surface area contributed by atoms with Gasteiger partial charge in [-0.15, -0.1) is 12.4 Å². The number of hydrogen-bond acceptors (Lipinski definition) is 4. The first-order valence-electron chi connectivity index (χ1n) is 8.37. The van der Waals surface area contributed by atoms with Gasteiger partial charge in [0, 0.05) is 24.5 Å².